The van der Waals surface area contributed by atoms with E-state index in [1.165, 1.54) is 14.0 Å². The van der Waals surface area contributed by atoms with Crippen molar-refractivity contribution >= 4 is 29.1 Å². The highest BCUT2D eigenvalue weighted by atomic mass is 16.5. The van der Waals surface area contributed by atoms with E-state index in [1.54, 1.807) is 30.6 Å². The van der Waals surface area contributed by atoms with Crippen LogP contribution in [0.4, 0.5) is 17.3 Å². The molecule has 9 heteroatoms. The quantitative estimate of drug-likeness (QED) is 0.762. The molecule has 0 bridgehead atoms. The van der Waals surface area contributed by atoms with Crippen molar-refractivity contribution in [3.63, 3.8) is 0 Å². The molecule has 1 aromatic carbocycles. The van der Waals surface area contributed by atoms with E-state index in [4.69, 9.17) is 4.74 Å². The molecule has 154 valence electrons. The molecule has 2 heterocycles. The van der Waals surface area contributed by atoms with E-state index >= 15 is 0 Å². The summed E-state index contributed by atoms with van der Waals surface area (Å²) in [5.74, 6) is 1.08. The Kier molecular flexibility index (Phi) is 6.48. The fourth-order valence-electron chi connectivity index (χ4n) is 3.24. The predicted octanol–water partition coefficient (Wildman–Crippen LogP) is 1.59. The first-order chi connectivity index (χ1) is 14.0. The number of anilines is 3. The van der Waals surface area contributed by atoms with Crippen molar-refractivity contribution in [3.8, 4) is 5.75 Å². The normalized spacial score (nSPS) is 14.9. The van der Waals surface area contributed by atoms with Gasteiger partial charge in [0.25, 0.3) is 0 Å². The van der Waals surface area contributed by atoms with Gasteiger partial charge in [-0.15, -0.1) is 0 Å². The highest BCUT2D eigenvalue weighted by molar-refractivity contribution is 5.91. The Morgan fingerprint density at radius 2 is 1.83 bits per heavy atom. The second-order valence-corrected chi connectivity index (χ2v) is 6.82. The van der Waals surface area contributed by atoms with Crippen molar-refractivity contribution in [3.05, 3.63) is 36.7 Å². The lowest BCUT2D eigenvalue weighted by molar-refractivity contribution is -0.132. The number of hydrogen-bond donors (Lipinski definition) is 2. The number of aromatic nitrogens is 2. The van der Waals surface area contributed by atoms with Crippen LogP contribution in [-0.4, -0.2) is 66.0 Å². The van der Waals surface area contributed by atoms with Crippen molar-refractivity contribution in [1.29, 1.82) is 0 Å². The molecule has 1 atom stereocenters. The van der Waals surface area contributed by atoms with Crippen molar-refractivity contribution in [2.75, 3.05) is 48.8 Å². The summed E-state index contributed by atoms with van der Waals surface area (Å²) in [5, 5.41) is 5.93. The van der Waals surface area contributed by atoms with Crippen LogP contribution in [-0.2, 0) is 9.59 Å². The number of nitrogens with one attached hydrogen (secondary N) is 2. The van der Waals surface area contributed by atoms with E-state index in [1.807, 2.05) is 17.9 Å². The molecule has 1 aliphatic heterocycles. The molecule has 0 aliphatic carbocycles. The molecule has 1 saturated heterocycles. The van der Waals surface area contributed by atoms with Gasteiger partial charge in [-0.05, 0) is 25.1 Å². The smallest absolute Gasteiger partial charge is 0.244 e. The predicted molar refractivity (Wildman–Crippen MR) is 111 cm³/mol. The first-order valence-corrected chi connectivity index (χ1v) is 9.51. The molecule has 1 fully saturated rings. The van der Waals surface area contributed by atoms with Crippen LogP contribution in [0.25, 0.3) is 0 Å². The zero-order chi connectivity index (χ0) is 20.8. The SMILES string of the molecule is COc1cc(NC(C)C(=O)N2CCN(c3ncccn3)CC2)ccc1NC(C)=O. The lowest BCUT2D eigenvalue weighted by Gasteiger charge is -2.36. The number of hydrogen-bond acceptors (Lipinski definition) is 7. The lowest BCUT2D eigenvalue weighted by atomic mass is 10.2. The summed E-state index contributed by atoms with van der Waals surface area (Å²) < 4.78 is 5.33. The van der Waals surface area contributed by atoms with Crippen LogP contribution >= 0.6 is 0 Å². The minimum Gasteiger partial charge on any atom is -0.494 e. The van der Waals surface area contributed by atoms with E-state index in [0.717, 1.165) is 5.69 Å². The van der Waals surface area contributed by atoms with Crippen LogP contribution in [0.15, 0.2) is 36.7 Å². The van der Waals surface area contributed by atoms with E-state index < -0.39 is 6.04 Å². The maximum atomic E-state index is 12.8. The number of benzene rings is 1. The summed E-state index contributed by atoms with van der Waals surface area (Å²) in [5.41, 5.74) is 1.33. The van der Waals surface area contributed by atoms with Crippen LogP contribution in [0.5, 0.6) is 5.75 Å². The van der Waals surface area contributed by atoms with Crippen LogP contribution in [0.2, 0.25) is 0 Å². The number of ether oxygens (including phenoxy) is 1. The Bertz CT molecular complexity index is 853. The molecular formula is C20H26N6O3. The molecular weight excluding hydrogens is 372 g/mol. The highest BCUT2D eigenvalue weighted by Gasteiger charge is 2.26. The minimum absolute atomic E-state index is 0.0311. The Morgan fingerprint density at radius 1 is 1.14 bits per heavy atom. The standard InChI is InChI=1S/C20H26N6O3/c1-14(23-16-5-6-17(24-15(2)27)18(13-16)29-3)19(28)25-9-11-26(12-10-25)20-21-7-4-8-22-20/h4-8,13-14,23H,9-12H2,1-3H3,(H,24,27). The molecule has 0 saturated carbocycles. The van der Waals surface area contributed by atoms with Gasteiger partial charge in [0.05, 0.1) is 12.8 Å². The van der Waals surface area contributed by atoms with Gasteiger partial charge in [-0.25, -0.2) is 9.97 Å². The number of amides is 2. The monoisotopic (exact) mass is 398 g/mol. The van der Waals surface area contributed by atoms with E-state index in [9.17, 15) is 9.59 Å². The first kappa shape index (κ1) is 20.4. The summed E-state index contributed by atoms with van der Waals surface area (Å²) in [7, 11) is 1.54. The van der Waals surface area contributed by atoms with Gasteiger partial charge in [-0.1, -0.05) is 0 Å². The first-order valence-electron chi connectivity index (χ1n) is 9.51. The van der Waals surface area contributed by atoms with Gasteiger partial charge in [-0.2, -0.15) is 0 Å². The maximum Gasteiger partial charge on any atom is 0.244 e. The van der Waals surface area contributed by atoms with E-state index in [2.05, 4.69) is 25.5 Å². The molecule has 1 aliphatic rings. The van der Waals surface area contributed by atoms with Crippen molar-refractivity contribution < 1.29 is 14.3 Å². The number of piperazine rings is 1. The molecule has 0 radical (unpaired) electrons. The fourth-order valence-corrected chi connectivity index (χ4v) is 3.24. The molecule has 0 spiro atoms. The molecule has 1 aromatic heterocycles. The third kappa shape index (κ3) is 5.13. The number of carbonyl (C=O) groups is 2. The largest absolute Gasteiger partial charge is 0.494 e. The summed E-state index contributed by atoms with van der Waals surface area (Å²) in [6.07, 6.45) is 3.44. The van der Waals surface area contributed by atoms with Gasteiger partial charge in [0.15, 0.2) is 0 Å². The second kappa shape index (κ2) is 9.22. The Morgan fingerprint density at radius 3 is 2.45 bits per heavy atom. The third-order valence-corrected chi connectivity index (χ3v) is 4.69. The third-order valence-electron chi connectivity index (χ3n) is 4.69. The van der Waals surface area contributed by atoms with Gasteiger partial charge in [0.2, 0.25) is 17.8 Å². The van der Waals surface area contributed by atoms with Crippen molar-refractivity contribution in [1.82, 2.24) is 14.9 Å². The zero-order valence-electron chi connectivity index (χ0n) is 16.9. The average molecular weight is 398 g/mol. The molecule has 2 amide bonds. The summed E-state index contributed by atoms with van der Waals surface area (Å²) in [6, 6.07) is 6.71. The second-order valence-electron chi connectivity index (χ2n) is 6.82. The van der Waals surface area contributed by atoms with Gasteiger partial charge in [0, 0.05) is 57.3 Å². The summed E-state index contributed by atoms with van der Waals surface area (Å²) in [6.45, 7) is 5.91. The van der Waals surface area contributed by atoms with E-state index in [-0.39, 0.29) is 11.8 Å². The zero-order valence-corrected chi connectivity index (χ0v) is 16.9. The Labute approximate surface area is 170 Å². The van der Waals surface area contributed by atoms with Crippen molar-refractivity contribution in [2.45, 2.75) is 19.9 Å². The molecule has 2 N–H and O–H groups in total. The van der Waals surface area contributed by atoms with Crippen LogP contribution < -0.4 is 20.3 Å². The fraction of sp³-hybridized carbons (Fsp3) is 0.400. The van der Waals surface area contributed by atoms with E-state index in [0.29, 0.717) is 43.6 Å². The van der Waals surface area contributed by atoms with Gasteiger partial charge in [0.1, 0.15) is 11.8 Å². The molecule has 1 unspecified atom stereocenters. The van der Waals surface area contributed by atoms with Gasteiger partial charge < -0.3 is 25.2 Å². The Hall–Kier alpha value is -3.36. The molecule has 2 aromatic rings. The average Bonchev–Trinajstić information content (AvgIpc) is 2.74. The molecule has 9 nitrogen and oxygen atoms in total. The number of rotatable bonds is 6. The van der Waals surface area contributed by atoms with Crippen molar-refractivity contribution in [2.24, 2.45) is 0 Å². The maximum absolute atomic E-state index is 12.8. The minimum atomic E-state index is -0.397. The number of nitrogens with zero attached hydrogens (tertiary/aromatic N) is 4. The summed E-state index contributed by atoms with van der Waals surface area (Å²) >= 11 is 0. The van der Waals surface area contributed by atoms with Crippen LogP contribution in [0, 0.1) is 0 Å². The topological polar surface area (TPSA) is 99.7 Å². The lowest BCUT2D eigenvalue weighted by Crippen LogP contribution is -2.52. The van der Waals surface area contributed by atoms with Gasteiger partial charge in [-0.3, -0.25) is 9.59 Å². The number of methoxy groups -OCH3 is 1. The summed E-state index contributed by atoms with van der Waals surface area (Å²) in [4.78, 5) is 36.6. The number of carbonyl (C=O) groups excluding carboxylic acids is 2. The van der Waals surface area contributed by atoms with Gasteiger partial charge >= 0.3 is 0 Å². The highest BCUT2D eigenvalue weighted by Crippen LogP contribution is 2.28. The van der Waals surface area contributed by atoms with Crippen LogP contribution in [0.1, 0.15) is 13.8 Å². The van der Waals surface area contributed by atoms with Crippen LogP contribution in [0.3, 0.4) is 0 Å². The molecule has 3 rings (SSSR count). The molecule has 29 heavy (non-hydrogen) atoms. The Balaban J connectivity index is 1.57.